The lowest BCUT2D eigenvalue weighted by atomic mass is 10.1. The molecule has 0 radical (unpaired) electrons. The number of hydrogen-bond acceptors (Lipinski definition) is 2. The first kappa shape index (κ1) is 9.43. The topological polar surface area (TPSA) is 0 Å². The second-order valence-corrected chi connectivity index (χ2v) is 4.86. The van der Waals surface area contributed by atoms with Gasteiger partial charge in [0.25, 0.3) is 0 Å². The summed E-state index contributed by atoms with van der Waals surface area (Å²) in [5.74, 6) is 1.59. The van der Waals surface area contributed by atoms with Crippen LogP contribution >= 0.6 is 35.6 Å². The van der Waals surface area contributed by atoms with Gasteiger partial charge >= 0.3 is 0 Å². The monoisotopic (exact) mass is 206 g/mol. The molecule has 1 heterocycles. The fourth-order valence-corrected chi connectivity index (χ4v) is 2.25. The number of rotatable bonds is 3. The predicted octanol–water partition coefficient (Wildman–Crippen LogP) is 3.51. The van der Waals surface area contributed by atoms with Gasteiger partial charge < -0.3 is 0 Å². The lowest BCUT2D eigenvalue weighted by molar-refractivity contribution is 0.668. The van der Waals surface area contributed by atoms with Crippen molar-refractivity contribution in [2.24, 2.45) is 5.92 Å². The van der Waals surface area contributed by atoms with Crippen LogP contribution in [-0.4, -0.2) is 5.75 Å². The van der Waals surface area contributed by atoms with Gasteiger partial charge in [0.2, 0.25) is 0 Å². The molecule has 1 rings (SSSR count). The fraction of sp³-hybridized carbons (Fsp3) is 0.500. The molecule has 0 aliphatic heterocycles. The smallest absolute Gasteiger partial charge is 0.0931 e. The lowest BCUT2D eigenvalue weighted by Crippen LogP contribution is -1.98. The summed E-state index contributed by atoms with van der Waals surface area (Å²) in [6.45, 7) is 2.20. The molecule has 11 heavy (non-hydrogen) atoms. The quantitative estimate of drug-likeness (QED) is 0.720. The molecule has 0 aliphatic rings. The molecule has 0 aromatic carbocycles. The molecular formula is C8H11ClS2. The third-order valence-electron chi connectivity index (χ3n) is 1.49. The summed E-state index contributed by atoms with van der Waals surface area (Å²) in [4.78, 5) is 1.36. The van der Waals surface area contributed by atoms with Crippen molar-refractivity contribution >= 4 is 35.6 Å². The van der Waals surface area contributed by atoms with Crippen molar-refractivity contribution in [3.63, 3.8) is 0 Å². The van der Waals surface area contributed by atoms with E-state index >= 15 is 0 Å². The normalized spacial score (nSPS) is 13.4. The van der Waals surface area contributed by atoms with E-state index in [4.69, 9.17) is 11.6 Å². The van der Waals surface area contributed by atoms with Gasteiger partial charge in [-0.25, -0.2) is 0 Å². The highest BCUT2D eigenvalue weighted by atomic mass is 35.5. The van der Waals surface area contributed by atoms with Crippen LogP contribution in [-0.2, 0) is 6.42 Å². The van der Waals surface area contributed by atoms with Crippen molar-refractivity contribution < 1.29 is 0 Å². The zero-order valence-electron chi connectivity index (χ0n) is 6.38. The SMILES string of the molecule is CC(CS)Cc1ccc(Cl)s1. The predicted molar refractivity (Wildman–Crippen MR) is 56.1 cm³/mol. The van der Waals surface area contributed by atoms with Crippen LogP contribution in [0, 0.1) is 5.92 Å². The molecule has 62 valence electrons. The molecule has 0 bridgehead atoms. The van der Waals surface area contributed by atoms with Crippen LogP contribution in [0.5, 0.6) is 0 Å². The van der Waals surface area contributed by atoms with Crippen molar-refractivity contribution in [1.82, 2.24) is 0 Å². The molecule has 1 unspecified atom stereocenters. The third kappa shape index (κ3) is 3.06. The first-order valence-corrected chi connectivity index (χ1v) is 5.40. The molecule has 0 N–H and O–H groups in total. The van der Waals surface area contributed by atoms with Crippen LogP contribution in [0.2, 0.25) is 4.34 Å². The number of thiol groups is 1. The second kappa shape index (κ2) is 4.39. The van der Waals surface area contributed by atoms with E-state index in [1.807, 2.05) is 6.07 Å². The van der Waals surface area contributed by atoms with Gasteiger partial charge in [-0.1, -0.05) is 18.5 Å². The molecule has 0 spiro atoms. The van der Waals surface area contributed by atoms with Gasteiger partial charge in [0.05, 0.1) is 4.34 Å². The molecule has 1 atom stereocenters. The number of hydrogen-bond donors (Lipinski definition) is 1. The van der Waals surface area contributed by atoms with E-state index in [0.717, 1.165) is 16.5 Å². The van der Waals surface area contributed by atoms with E-state index in [2.05, 4.69) is 25.6 Å². The largest absolute Gasteiger partial charge is 0.179 e. The van der Waals surface area contributed by atoms with E-state index in [9.17, 15) is 0 Å². The minimum Gasteiger partial charge on any atom is -0.179 e. The Balaban J connectivity index is 2.50. The van der Waals surface area contributed by atoms with Gasteiger partial charge in [-0.15, -0.1) is 11.3 Å². The molecule has 0 fully saturated rings. The summed E-state index contributed by atoms with van der Waals surface area (Å²) >= 11 is 11.7. The standard InChI is InChI=1S/C8H11ClS2/c1-6(5-10)4-7-2-3-8(9)11-7/h2-3,6,10H,4-5H2,1H3. The summed E-state index contributed by atoms with van der Waals surface area (Å²) in [7, 11) is 0. The van der Waals surface area contributed by atoms with Gasteiger partial charge in [-0.05, 0) is 30.2 Å². The molecule has 0 nitrogen and oxygen atoms in total. The van der Waals surface area contributed by atoms with Gasteiger partial charge in [-0.3, -0.25) is 0 Å². The van der Waals surface area contributed by atoms with Crippen LogP contribution in [0.4, 0.5) is 0 Å². The molecule has 0 amide bonds. The van der Waals surface area contributed by atoms with Crippen LogP contribution in [0.25, 0.3) is 0 Å². The zero-order valence-corrected chi connectivity index (χ0v) is 8.85. The van der Waals surface area contributed by atoms with E-state index in [-0.39, 0.29) is 0 Å². The maximum atomic E-state index is 5.79. The lowest BCUT2D eigenvalue weighted by Gasteiger charge is -2.03. The average Bonchev–Trinajstić information content (AvgIpc) is 2.35. The van der Waals surface area contributed by atoms with E-state index in [1.54, 1.807) is 11.3 Å². The van der Waals surface area contributed by atoms with Gasteiger partial charge in [-0.2, -0.15) is 12.6 Å². The maximum Gasteiger partial charge on any atom is 0.0931 e. The Hall–Kier alpha value is 0.340. The minimum absolute atomic E-state index is 0.646. The Kier molecular flexibility index (Phi) is 3.76. The summed E-state index contributed by atoms with van der Waals surface area (Å²) < 4.78 is 0.881. The van der Waals surface area contributed by atoms with Crippen LogP contribution < -0.4 is 0 Å². The highest BCUT2D eigenvalue weighted by molar-refractivity contribution is 7.80. The summed E-state index contributed by atoms with van der Waals surface area (Å²) in [5.41, 5.74) is 0. The van der Waals surface area contributed by atoms with Crippen LogP contribution in [0.1, 0.15) is 11.8 Å². The minimum atomic E-state index is 0.646. The number of halogens is 1. The van der Waals surface area contributed by atoms with Gasteiger partial charge in [0.1, 0.15) is 0 Å². The molecule has 0 saturated heterocycles. The van der Waals surface area contributed by atoms with E-state index in [0.29, 0.717) is 5.92 Å². The molecule has 1 aromatic rings. The second-order valence-electron chi connectivity index (χ2n) is 2.70. The van der Waals surface area contributed by atoms with Crippen molar-refractivity contribution in [2.45, 2.75) is 13.3 Å². The van der Waals surface area contributed by atoms with Crippen molar-refractivity contribution in [3.05, 3.63) is 21.3 Å². The average molecular weight is 207 g/mol. The summed E-state index contributed by atoms with van der Waals surface area (Å²) in [6.07, 6.45) is 1.10. The zero-order chi connectivity index (χ0) is 8.27. The Bertz CT molecular complexity index is 220. The Labute approximate surface area is 82.0 Å². The first-order chi connectivity index (χ1) is 5.22. The first-order valence-electron chi connectivity index (χ1n) is 3.57. The van der Waals surface area contributed by atoms with Crippen LogP contribution in [0.15, 0.2) is 12.1 Å². The van der Waals surface area contributed by atoms with Crippen molar-refractivity contribution in [2.75, 3.05) is 5.75 Å². The summed E-state index contributed by atoms with van der Waals surface area (Å²) in [5, 5.41) is 0. The molecule has 1 aromatic heterocycles. The highest BCUT2D eigenvalue weighted by Crippen LogP contribution is 2.23. The maximum absolute atomic E-state index is 5.79. The molecule has 3 heteroatoms. The highest BCUT2D eigenvalue weighted by Gasteiger charge is 2.03. The molecule has 0 aliphatic carbocycles. The summed E-state index contributed by atoms with van der Waals surface area (Å²) in [6, 6.07) is 4.04. The Morgan fingerprint density at radius 1 is 1.64 bits per heavy atom. The Morgan fingerprint density at radius 2 is 2.36 bits per heavy atom. The fourth-order valence-electron chi connectivity index (χ4n) is 0.869. The van der Waals surface area contributed by atoms with E-state index < -0.39 is 0 Å². The van der Waals surface area contributed by atoms with E-state index in [1.165, 1.54) is 4.88 Å². The van der Waals surface area contributed by atoms with Gasteiger partial charge in [0.15, 0.2) is 0 Å². The van der Waals surface area contributed by atoms with Crippen molar-refractivity contribution in [1.29, 1.82) is 0 Å². The third-order valence-corrected chi connectivity index (χ3v) is 3.37. The number of thiophene rings is 1. The van der Waals surface area contributed by atoms with Crippen LogP contribution in [0.3, 0.4) is 0 Å². The molecule has 0 saturated carbocycles. The Morgan fingerprint density at radius 3 is 2.82 bits per heavy atom. The van der Waals surface area contributed by atoms with Crippen molar-refractivity contribution in [3.8, 4) is 0 Å². The van der Waals surface area contributed by atoms with Gasteiger partial charge in [0, 0.05) is 4.88 Å². The molecular weight excluding hydrogens is 196 g/mol.